The van der Waals surface area contributed by atoms with Crippen LogP contribution >= 0.6 is 11.6 Å². The number of anilines is 2. The first-order valence-corrected chi connectivity index (χ1v) is 8.99. The molecule has 1 amide bonds. The standard InChI is InChI=1S/C19H16ClFN4O3/c1-10(14-7-11-6-12(20)2-3-15(11)23-18(14)26)22-16-8-13(21)9-17(24-16)25-4-5-28-19(25)27/h2-3,6-10H,4-5H2,1H3,(H,22,24)(H,23,26). The average Bonchev–Trinajstić information content (AvgIpc) is 3.07. The van der Waals surface area contributed by atoms with Gasteiger partial charge in [-0.05, 0) is 31.2 Å². The number of carbonyl (C=O) groups excluding carboxylic acids is 1. The van der Waals surface area contributed by atoms with Crippen molar-refractivity contribution in [3.63, 3.8) is 0 Å². The molecule has 1 fully saturated rings. The number of aromatic nitrogens is 2. The second-order valence-electron chi connectivity index (χ2n) is 6.45. The number of pyridine rings is 2. The van der Waals surface area contributed by atoms with Crippen LogP contribution in [0.5, 0.6) is 0 Å². The van der Waals surface area contributed by atoms with Gasteiger partial charge in [0.25, 0.3) is 5.56 Å². The van der Waals surface area contributed by atoms with E-state index >= 15 is 0 Å². The van der Waals surface area contributed by atoms with Crippen LogP contribution in [0.15, 0.2) is 41.2 Å². The largest absolute Gasteiger partial charge is 0.447 e. The Morgan fingerprint density at radius 2 is 2.11 bits per heavy atom. The molecule has 9 heteroatoms. The quantitative estimate of drug-likeness (QED) is 0.692. The van der Waals surface area contributed by atoms with Crippen LogP contribution in [0.4, 0.5) is 20.8 Å². The van der Waals surface area contributed by atoms with E-state index in [2.05, 4.69) is 15.3 Å². The van der Waals surface area contributed by atoms with Crippen molar-refractivity contribution in [3.8, 4) is 0 Å². The van der Waals surface area contributed by atoms with Crippen LogP contribution in [-0.4, -0.2) is 29.2 Å². The summed E-state index contributed by atoms with van der Waals surface area (Å²) in [6.45, 7) is 2.29. The van der Waals surface area contributed by atoms with Crippen molar-refractivity contribution in [2.45, 2.75) is 13.0 Å². The van der Waals surface area contributed by atoms with E-state index < -0.39 is 18.0 Å². The van der Waals surface area contributed by atoms with Gasteiger partial charge in [0.1, 0.15) is 24.1 Å². The van der Waals surface area contributed by atoms with Crippen LogP contribution < -0.4 is 15.8 Å². The van der Waals surface area contributed by atoms with E-state index in [4.69, 9.17) is 16.3 Å². The molecule has 3 aromatic rings. The smallest absolute Gasteiger partial charge is 0.415 e. The van der Waals surface area contributed by atoms with Gasteiger partial charge in [0, 0.05) is 33.6 Å². The lowest BCUT2D eigenvalue weighted by molar-refractivity contribution is 0.181. The monoisotopic (exact) mass is 402 g/mol. The topological polar surface area (TPSA) is 87.3 Å². The molecule has 144 valence electrons. The Balaban J connectivity index is 1.65. The summed E-state index contributed by atoms with van der Waals surface area (Å²) >= 11 is 6.03. The number of nitrogens with zero attached hydrogens (tertiary/aromatic N) is 2. The van der Waals surface area contributed by atoms with Gasteiger partial charge in [0.2, 0.25) is 0 Å². The molecule has 28 heavy (non-hydrogen) atoms. The predicted molar refractivity (Wildman–Crippen MR) is 105 cm³/mol. The van der Waals surface area contributed by atoms with E-state index in [1.165, 1.54) is 11.0 Å². The Kier molecular flexibility index (Phi) is 4.64. The van der Waals surface area contributed by atoms with Crippen molar-refractivity contribution in [2.75, 3.05) is 23.4 Å². The minimum atomic E-state index is -0.569. The number of ether oxygens (including phenoxy) is 1. The average molecular weight is 403 g/mol. The highest BCUT2D eigenvalue weighted by Gasteiger charge is 2.25. The Bertz CT molecular complexity index is 1130. The fraction of sp³-hybridized carbons (Fsp3) is 0.211. The van der Waals surface area contributed by atoms with Gasteiger partial charge in [-0.15, -0.1) is 0 Å². The second kappa shape index (κ2) is 7.12. The number of hydrogen-bond donors (Lipinski definition) is 2. The number of carbonyl (C=O) groups is 1. The molecule has 0 bridgehead atoms. The third-order valence-corrected chi connectivity index (χ3v) is 4.71. The number of benzene rings is 1. The first-order valence-electron chi connectivity index (χ1n) is 8.61. The Morgan fingerprint density at radius 1 is 1.29 bits per heavy atom. The van der Waals surface area contributed by atoms with Crippen molar-refractivity contribution in [3.05, 3.63) is 63.2 Å². The number of rotatable bonds is 4. The first kappa shape index (κ1) is 18.2. The summed E-state index contributed by atoms with van der Waals surface area (Å²) in [5.41, 5.74) is 0.849. The fourth-order valence-corrected chi connectivity index (χ4v) is 3.29. The summed E-state index contributed by atoms with van der Waals surface area (Å²) in [6.07, 6.45) is -0.569. The minimum absolute atomic E-state index is 0.149. The molecular weight excluding hydrogens is 387 g/mol. The molecule has 4 rings (SSSR count). The number of halogens is 2. The van der Waals surface area contributed by atoms with Gasteiger partial charge in [0.15, 0.2) is 0 Å². The van der Waals surface area contributed by atoms with Crippen molar-refractivity contribution in [1.29, 1.82) is 0 Å². The lowest BCUT2D eigenvalue weighted by Gasteiger charge is -2.17. The first-order chi connectivity index (χ1) is 13.4. The highest BCUT2D eigenvalue weighted by atomic mass is 35.5. The van der Waals surface area contributed by atoms with E-state index in [0.717, 1.165) is 11.5 Å². The molecule has 2 aromatic heterocycles. The number of fused-ring (bicyclic) bond motifs is 1. The predicted octanol–water partition coefficient (Wildman–Crippen LogP) is 3.85. The molecule has 0 saturated carbocycles. The van der Waals surface area contributed by atoms with Gasteiger partial charge in [-0.25, -0.2) is 14.2 Å². The van der Waals surface area contributed by atoms with Crippen molar-refractivity contribution in [1.82, 2.24) is 9.97 Å². The minimum Gasteiger partial charge on any atom is -0.447 e. The van der Waals surface area contributed by atoms with E-state index in [9.17, 15) is 14.0 Å². The molecule has 0 radical (unpaired) electrons. The van der Waals surface area contributed by atoms with Crippen LogP contribution in [-0.2, 0) is 4.74 Å². The molecule has 1 aliphatic heterocycles. The van der Waals surface area contributed by atoms with Crippen LogP contribution in [0.2, 0.25) is 5.02 Å². The summed E-state index contributed by atoms with van der Waals surface area (Å²) in [5, 5.41) is 4.35. The molecule has 1 unspecified atom stereocenters. The maximum atomic E-state index is 14.1. The Labute approximate surface area is 164 Å². The number of cyclic esters (lactones) is 1. The van der Waals surface area contributed by atoms with Gasteiger partial charge in [-0.1, -0.05) is 11.6 Å². The van der Waals surface area contributed by atoms with Gasteiger partial charge in [0.05, 0.1) is 12.6 Å². The van der Waals surface area contributed by atoms with E-state index in [0.29, 0.717) is 22.6 Å². The Morgan fingerprint density at radius 3 is 2.86 bits per heavy atom. The molecule has 3 heterocycles. The molecule has 0 aliphatic carbocycles. The van der Waals surface area contributed by atoms with Crippen molar-refractivity contribution >= 4 is 40.2 Å². The Hall–Kier alpha value is -3.13. The van der Waals surface area contributed by atoms with Crippen LogP contribution in [0.25, 0.3) is 10.9 Å². The maximum absolute atomic E-state index is 14.1. The number of hydrogen-bond acceptors (Lipinski definition) is 5. The zero-order valence-corrected chi connectivity index (χ0v) is 15.6. The molecule has 2 N–H and O–H groups in total. The third-order valence-electron chi connectivity index (χ3n) is 4.48. The summed E-state index contributed by atoms with van der Waals surface area (Å²) < 4.78 is 18.9. The zero-order valence-electron chi connectivity index (χ0n) is 14.8. The highest BCUT2D eigenvalue weighted by Crippen LogP contribution is 2.24. The third kappa shape index (κ3) is 3.50. The maximum Gasteiger partial charge on any atom is 0.415 e. The van der Waals surface area contributed by atoms with Crippen LogP contribution in [0, 0.1) is 5.82 Å². The SMILES string of the molecule is CC(Nc1cc(F)cc(N2CCOC2=O)n1)c1cc2cc(Cl)ccc2[nH]c1=O. The lowest BCUT2D eigenvalue weighted by atomic mass is 10.1. The molecule has 1 saturated heterocycles. The molecule has 7 nitrogen and oxygen atoms in total. The fourth-order valence-electron chi connectivity index (χ4n) is 3.11. The molecular formula is C19H16ClFN4O3. The lowest BCUT2D eigenvalue weighted by Crippen LogP contribution is -2.25. The van der Waals surface area contributed by atoms with Crippen LogP contribution in [0.3, 0.4) is 0 Å². The summed E-state index contributed by atoms with van der Waals surface area (Å²) in [4.78, 5) is 32.5. The van der Waals surface area contributed by atoms with E-state index in [-0.39, 0.29) is 23.8 Å². The molecule has 1 aliphatic rings. The second-order valence-corrected chi connectivity index (χ2v) is 6.88. The van der Waals surface area contributed by atoms with Crippen molar-refractivity contribution in [2.24, 2.45) is 0 Å². The van der Waals surface area contributed by atoms with Gasteiger partial charge < -0.3 is 15.0 Å². The van der Waals surface area contributed by atoms with Gasteiger partial charge >= 0.3 is 6.09 Å². The van der Waals surface area contributed by atoms with Crippen LogP contribution in [0.1, 0.15) is 18.5 Å². The molecule has 1 aromatic carbocycles. The van der Waals surface area contributed by atoms with E-state index in [1.807, 2.05) is 0 Å². The zero-order chi connectivity index (χ0) is 19.8. The normalized spacial score (nSPS) is 15.0. The van der Waals surface area contributed by atoms with Gasteiger partial charge in [-0.3, -0.25) is 9.69 Å². The number of aromatic amines is 1. The highest BCUT2D eigenvalue weighted by molar-refractivity contribution is 6.31. The summed E-state index contributed by atoms with van der Waals surface area (Å²) in [6, 6.07) is 8.80. The number of nitrogens with one attached hydrogen (secondary N) is 2. The van der Waals surface area contributed by atoms with E-state index in [1.54, 1.807) is 31.2 Å². The van der Waals surface area contributed by atoms with Gasteiger partial charge in [-0.2, -0.15) is 0 Å². The molecule has 1 atom stereocenters. The van der Waals surface area contributed by atoms with Crippen molar-refractivity contribution < 1.29 is 13.9 Å². The molecule has 0 spiro atoms. The number of H-pyrrole nitrogens is 1. The summed E-state index contributed by atoms with van der Waals surface area (Å²) in [5.74, 6) is -0.206. The number of amides is 1. The summed E-state index contributed by atoms with van der Waals surface area (Å²) in [7, 11) is 0.